The van der Waals surface area contributed by atoms with Crippen molar-refractivity contribution in [1.82, 2.24) is 15.3 Å². The zero-order valence-electron chi connectivity index (χ0n) is 20.7. The highest BCUT2D eigenvalue weighted by Gasteiger charge is 2.38. The number of aromatic amines is 1. The number of carbonyl (C=O) groups is 1. The number of amides is 1. The first-order chi connectivity index (χ1) is 19.1. The van der Waals surface area contributed by atoms with Crippen LogP contribution < -0.4 is 10.9 Å². The number of benzene rings is 2. The standard InChI is InChI=1S/C26H20F9N3O3/c27-21-12(5-6-17(26(33,34)35)20(21)23-37-18(22(28)29)9-19(39)38-23)10-36-24(40)14-7-15(8-14)41-11-13-3-1-2-4-16(13)25(30,31)32/h1-6,9,14-15,22H,7-8,10-11H2,(H,36,40)(H,37,38,39). The van der Waals surface area contributed by atoms with Gasteiger partial charge in [0.2, 0.25) is 5.91 Å². The molecule has 6 nitrogen and oxygen atoms in total. The fourth-order valence-electron chi connectivity index (χ4n) is 4.30. The molecule has 1 aliphatic rings. The summed E-state index contributed by atoms with van der Waals surface area (Å²) in [6, 6.07) is 6.46. The molecule has 0 radical (unpaired) electrons. The second-order valence-corrected chi connectivity index (χ2v) is 9.25. The van der Waals surface area contributed by atoms with E-state index in [1.165, 1.54) is 18.2 Å². The molecule has 1 heterocycles. The number of aromatic nitrogens is 2. The van der Waals surface area contributed by atoms with Crippen molar-refractivity contribution in [3.63, 3.8) is 0 Å². The van der Waals surface area contributed by atoms with E-state index in [1.54, 1.807) is 0 Å². The second-order valence-electron chi connectivity index (χ2n) is 9.25. The van der Waals surface area contributed by atoms with Crippen LogP contribution in [0.15, 0.2) is 47.3 Å². The van der Waals surface area contributed by atoms with Gasteiger partial charge in [0.25, 0.3) is 12.0 Å². The normalized spacial score (nSPS) is 17.4. The minimum atomic E-state index is -5.14. The third kappa shape index (κ3) is 6.89. The Balaban J connectivity index is 1.43. The summed E-state index contributed by atoms with van der Waals surface area (Å²) in [5, 5.41) is 2.37. The van der Waals surface area contributed by atoms with Gasteiger partial charge in [-0.1, -0.05) is 24.3 Å². The minimum absolute atomic E-state index is 0.0728. The van der Waals surface area contributed by atoms with E-state index in [4.69, 9.17) is 4.74 Å². The third-order valence-corrected chi connectivity index (χ3v) is 6.47. The molecule has 0 spiro atoms. The number of hydrogen-bond acceptors (Lipinski definition) is 4. The molecule has 1 saturated carbocycles. The van der Waals surface area contributed by atoms with E-state index >= 15 is 4.39 Å². The number of alkyl halides is 8. The minimum Gasteiger partial charge on any atom is -0.373 e. The van der Waals surface area contributed by atoms with Gasteiger partial charge in [0, 0.05) is 24.1 Å². The van der Waals surface area contributed by atoms with E-state index in [0.717, 1.165) is 12.1 Å². The van der Waals surface area contributed by atoms with Gasteiger partial charge in [-0.2, -0.15) is 26.3 Å². The fraction of sp³-hybridized carbons (Fsp3) is 0.346. The molecule has 1 aliphatic carbocycles. The maximum absolute atomic E-state index is 15.3. The monoisotopic (exact) mass is 593 g/mol. The Hall–Kier alpha value is -3.88. The summed E-state index contributed by atoms with van der Waals surface area (Å²) in [5.74, 6) is -3.84. The number of hydrogen-bond donors (Lipinski definition) is 2. The van der Waals surface area contributed by atoms with Crippen LogP contribution in [0.3, 0.4) is 0 Å². The molecular formula is C26H20F9N3O3. The Morgan fingerprint density at radius 1 is 1.00 bits per heavy atom. The van der Waals surface area contributed by atoms with Crippen molar-refractivity contribution in [3.05, 3.63) is 86.6 Å². The van der Waals surface area contributed by atoms with Gasteiger partial charge in [-0.15, -0.1) is 0 Å². The van der Waals surface area contributed by atoms with E-state index < -0.39 is 88.4 Å². The zero-order chi connectivity index (χ0) is 30.1. The van der Waals surface area contributed by atoms with Gasteiger partial charge in [0.15, 0.2) is 0 Å². The molecule has 0 saturated heterocycles. The smallest absolute Gasteiger partial charge is 0.373 e. The number of halogens is 9. The van der Waals surface area contributed by atoms with Crippen molar-refractivity contribution in [2.45, 2.75) is 50.9 Å². The molecule has 0 bridgehead atoms. The highest BCUT2D eigenvalue weighted by molar-refractivity contribution is 5.79. The van der Waals surface area contributed by atoms with Crippen molar-refractivity contribution in [3.8, 4) is 11.4 Å². The number of carbonyl (C=O) groups excluding carboxylic acids is 1. The number of nitrogens with zero attached hydrogens (tertiary/aromatic N) is 1. The van der Waals surface area contributed by atoms with Crippen LogP contribution in [0.25, 0.3) is 11.4 Å². The highest BCUT2D eigenvalue weighted by atomic mass is 19.4. The van der Waals surface area contributed by atoms with Crippen LogP contribution in [0, 0.1) is 11.7 Å². The molecule has 2 aromatic carbocycles. The lowest BCUT2D eigenvalue weighted by atomic mass is 9.81. The SMILES string of the molecule is O=C(NCc1ccc(C(F)(F)F)c(-c2nc(C(F)F)cc(=O)[nH]2)c1F)C1CC(OCc2ccccc2C(F)(F)F)C1. The third-order valence-electron chi connectivity index (χ3n) is 6.47. The molecular weight excluding hydrogens is 573 g/mol. The highest BCUT2D eigenvalue weighted by Crippen LogP contribution is 2.39. The summed E-state index contributed by atoms with van der Waals surface area (Å²) in [5.41, 5.74) is -6.57. The van der Waals surface area contributed by atoms with Gasteiger partial charge in [0.05, 0.1) is 29.4 Å². The topological polar surface area (TPSA) is 84.1 Å². The van der Waals surface area contributed by atoms with Crippen LogP contribution in [0.2, 0.25) is 0 Å². The van der Waals surface area contributed by atoms with Gasteiger partial charge in [-0.3, -0.25) is 9.59 Å². The van der Waals surface area contributed by atoms with Crippen LogP contribution in [-0.2, 0) is 35.0 Å². The molecule has 2 N–H and O–H groups in total. The molecule has 0 unspecified atom stereocenters. The van der Waals surface area contributed by atoms with Crippen molar-refractivity contribution in [1.29, 1.82) is 0 Å². The first-order valence-electron chi connectivity index (χ1n) is 12.0. The van der Waals surface area contributed by atoms with Gasteiger partial charge in [0.1, 0.15) is 17.3 Å². The number of ether oxygens (including phenoxy) is 1. The lowest BCUT2D eigenvalue weighted by Gasteiger charge is -2.34. The van der Waals surface area contributed by atoms with E-state index in [0.29, 0.717) is 12.1 Å². The summed E-state index contributed by atoms with van der Waals surface area (Å²) in [6.07, 6.45) is -13.2. The van der Waals surface area contributed by atoms with Crippen LogP contribution in [0.5, 0.6) is 0 Å². The van der Waals surface area contributed by atoms with E-state index in [-0.39, 0.29) is 25.0 Å². The molecule has 220 valence electrons. The Labute approximate surface area is 225 Å². The molecule has 41 heavy (non-hydrogen) atoms. The quantitative estimate of drug-likeness (QED) is 0.307. The lowest BCUT2D eigenvalue weighted by molar-refractivity contribution is -0.140. The van der Waals surface area contributed by atoms with Crippen LogP contribution in [0.4, 0.5) is 39.5 Å². The Morgan fingerprint density at radius 3 is 2.29 bits per heavy atom. The Kier molecular flexibility index (Phi) is 8.47. The summed E-state index contributed by atoms with van der Waals surface area (Å²) in [4.78, 5) is 29.4. The summed E-state index contributed by atoms with van der Waals surface area (Å²) in [7, 11) is 0. The maximum Gasteiger partial charge on any atom is 0.417 e. The molecule has 0 atom stereocenters. The van der Waals surface area contributed by atoms with Gasteiger partial charge in [-0.05, 0) is 30.5 Å². The zero-order valence-corrected chi connectivity index (χ0v) is 20.7. The number of rotatable bonds is 8. The van der Waals surface area contributed by atoms with E-state index in [1.807, 2.05) is 4.98 Å². The fourth-order valence-corrected chi connectivity index (χ4v) is 4.30. The summed E-state index contributed by atoms with van der Waals surface area (Å²) < 4.78 is 127. The van der Waals surface area contributed by atoms with Crippen LogP contribution >= 0.6 is 0 Å². The average molecular weight is 593 g/mol. The molecule has 3 aromatic rings. The Morgan fingerprint density at radius 2 is 1.66 bits per heavy atom. The second kappa shape index (κ2) is 11.5. The summed E-state index contributed by atoms with van der Waals surface area (Å²) >= 11 is 0. The van der Waals surface area contributed by atoms with E-state index in [9.17, 15) is 44.7 Å². The van der Waals surface area contributed by atoms with Gasteiger partial charge < -0.3 is 15.0 Å². The van der Waals surface area contributed by atoms with E-state index in [2.05, 4.69) is 10.3 Å². The number of H-pyrrole nitrogens is 1. The van der Waals surface area contributed by atoms with Crippen molar-refractivity contribution in [2.24, 2.45) is 5.92 Å². The van der Waals surface area contributed by atoms with Crippen molar-refractivity contribution < 1.29 is 49.0 Å². The maximum atomic E-state index is 15.3. The average Bonchev–Trinajstić information content (AvgIpc) is 2.85. The molecule has 1 fully saturated rings. The largest absolute Gasteiger partial charge is 0.417 e. The molecule has 4 rings (SSSR count). The predicted octanol–water partition coefficient (Wildman–Crippen LogP) is 6.16. The van der Waals surface area contributed by atoms with Crippen LogP contribution in [-0.4, -0.2) is 22.0 Å². The Bertz CT molecular complexity index is 1480. The summed E-state index contributed by atoms with van der Waals surface area (Å²) in [6.45, 7) is -0.924. The molecule has 1 amide bonds. The first-order valence-corrected chi connectivity index (χ1v) is 12.0. The molecule has 0 aliphatic heterocycles. The van der Waals surface area contributed by atoms with Gasteiger partial charge >= 0.3 is 12.4 Å². The van der Waals surface area contributed by atoms with Gasteiger partial charge in [-0.25, -0.2) is 18.2 Å². The first kappa shape index (κ1) is 30.1. The van der Waals surface area contributed by atoms with Crippen molar-refractivity contribution in [2.75, 3.05) is 0 Å². The molecule has 15 heteroatoms. The van der Waals surface area contributed by atoms with Crippen LogP contribution in [0.1, 0.15) is 47.2 Å². The number of nitrogens with one attached hydrogen (secondary N) is 2. The van der Waals surface area contributed by atoms with Crippen molar-refractivity contribution >= 4 is 5.91 Å². The molecule has 1 aromatic heterocycles. The lowest BCUT2D eigenvalue weighted by Crippen LogP contribution is -2.42. The predicted molar refractivity (Wildman–Crippen MR) is 125 cm³/mol.